The number of carboxylic acids is 1. The lowest BCUT2D eigenvalue weighted by atomic mass is 9.84. The van der Waals surface area contributed by atoms with Gasteiger partial charge in [0.2, 0.25) is 0 Å². The average Bonchev–Trinajstić information content (AvgIpc) is 2.58. The van der Waals surface area contributed by atoms with Gasteiger partial charge >= 0.3 is 5.97 Å². The van der Waals surface area contributed by atoms with Gasteiger partial charge in [0.15, 0.2) is 0 Å². The van der Waals surface area contributed by atoms with E-state index in [2.05, 4.69) is 68.4 Å². The highest BCUT2D eigenvalue weighted by atomic mass is 16.4. The van der Waals surface area contributed by atoms with E-state index in [4.69, 9.17) is 5.11 Å². The van der Waals surface area contributed by atoms with Crippen LogP contribution in [0.25, 0.3) is 0 Å². The van der Waals surface area contributed by atoms with Gasteiger partial charge in [-0.3, -0.25) is 4.79 Å². The van der Waals surface area contributed by atoms with E-state index in [1.165, 1.54) is 22.4 Å². The average molecular weight is 339 g/mol. The standard InChI is InChI=1S/C22H29NO2/c1-17-20(13-9-14-21(17)23(2)3)19(12-7-8-15-22(24)25)16-18-10-5-4-6-11-18/h4-6,9-11,13-14,19H,7-8,12,15-16H2,1-3H3,(H,24,25). The third-order valence-corrected chi connectivity index (χ3v) is 4.79. The van der Waals surface area contributed by atoms with Crippen LogP contribution in [0.4, 0.5) is 5.69 Å². The number of carbonyl (C=O) groups is 1. The van der Waals surface area contributed by atoms with Crippen LogP contribution in [-0.2, 0) is 11.2 Å². The van der Waals surface area contributed by atoms with Gasteiger partial charge in [-0.1, -0.05) is 48.9 Å². The van der Waals surface area contributed by atoms with E-state index in [0.29, 0.717) is 5.92 Å². The number of hydrogen-bond acceptors (Lipinski definition) is 2. The summed E-state index contributed by atoms with van der Waals surface area (Å²) in [4.78, 5) is 12.9. The lowest BCUT2D eigenvalue weighted by Crippen LogP contribution is -2.13. The van der Waals surface area contributed by atoms with Crippen LogP contribution >= 0.6 is 0 Å². The smallest absolute Gasteiger partial charge is 0.303 e. The van der Waals surface area contributed by atoms with Gasteiger partial charge in [-0.2, -0.15) is 0 Å². The summed E-state index contributed by atoms with van der Waals surface area (Å²) in [5, 5.41) is 8.87. The molecule has 1 unspecified atom stereocenters. The molecule has 3 nitrogen and oxygen atoms in total. The molecule has 0 bridgehead atoms. The van der Waals surface area contributed by atoms with Gasteiger partial charge in [-0.25, -0.2) is 0 Å². The van der Waals surface area contributed by atoms with Crippen molar-refractivity contribution in [1.29, 1.82) is 0 Å². The van der Waals surface area contributed by atoms with E-state index in [-0.39, 0.29) is 6.42 Å². The first-order chi connectivity index (χ1) is 12.0. The molecule has 25 heavy (non-hydrogen) atoms. The van der Waals surface area contributed by atoms with Crippen LogP contribution in [0.5, 0.6) is 0 Å². The Hall–Kier alpha value is -2.29. The first-order valence-corrected chi connectivity index (χ1v) is 9.01. The zero-order valence-corrected chi connectivity index (χ0v) is 15.5. The minimum absolute atomic E-state index is 0.259. The highest BCUT2D eigenvalue weighted by molar-refractivity contribution is 5.66. The number of unbranched alkanes of at least 4 members (excludes halogenated alkanes) is 1. The molecule has 2 rings (SSSR count). The van der Waals surface area contributed by atoms with Gasteiger partial charge in [0.05, 0.1) is 0 Å². The molecule has 0 aliphatic carbocycles. The maximum absolute atomic E-state index is 10.8. The summed E-state index contributed by atoms with van der Waals surface area (Å²) >= 11 is 0. The van der Waals surface area contributed by atoms with Crippen molar-refractivity contribution in [1.82, 2.24) is 0 Å². The lowest BCUT2D eigenvalue weighted by molar-refractivity contribution is -0.137. The molecule has 0 spiro atoms. The van der Waals surface area contributed by atoms with Gasteiger partial charge in [0.25, 0.3) is 0 Å². The molecule has 0 heterocycles. The van der Waals surface area contributed by atoms with Crippen molar-refractivity contribution in [2.45, 2.75) is 44.9 Å². The first-order valence-electron chi connectivity index (χ1n) is 9.01. The van der Waals surface area contributed by atoms with E-state index in [1.807, 2.05) is 6.07 Å². The van der Waals surface area contributed by atoms with Crippen molar-refractivity contribution in [3.8, 4) is 0 Å². The van der Waals surface area contributed by atoms with Gasteiger partial charge in [-0.15, -0.1) is 0 Å². The maximum atomic E-state index is 10.8. The van der Waals surface area contributed by atoms with Crippen molar-refractivity contribution in [2.75, 3.05) is 19.0 Å². The van der Waals surface area contributed by atoms with Crippen molar-refractivity contribution in [3.05, 3.63) is 65.2 Å². The largest absolute Gasteiger partial charge is 0.481 e. The molecule has 1 atom stereocenters. The van der Waals surface area contributed by atoms with Crippen LogP contribution in [0.2, 0.25) is 0 Å². The van der Waals surface area contributed by atoms with E-state index in [9.17, 15) is 4.79 Å². The molecular weight excluding hydrogens is 310 g/mol. The SMILES string of the molecule is Cc1c(C(CCCCC(=O)O)Cc2ccccc2)cccc1N(C)C. The summed E-state index contributed by atoms with van der Waals surface area (Å²) in [5.41, 5.74) is 5.29. The molecule has 2 aromatic rings. The van der Waals surface area contributed by atoms with Crippen LogP contribution < -0.4 is 4.90 Å². The fraction of sp³-hybridized carbons (Fsp3) is 0.409. The van der Waals surface area contributed by atoms with E-state index >= 15 is 0 Å². The zero-order valence-electron chi connectivity index (χ0n) is 15.5. The Kier molecular flexibility index (Phi) is 7.05. The monoisotopic (exact) mass is 339 g/mol. The van der Waals surface area contributed by atoms with E-state index < -0.39 is 5.97 Å². The summed E-state index contributed by atoms with van der Waals surface area (Å²) in [6, 6.07) is 17.1. The van der Waals surface area contributed by atoms with Gasteiger partial charge in [-0.05, 0) is 54.9 Å². The van der Waals surface area contributed by atoms with Gasteiger partial charge in [0.1, 0.15) is 0 Å². The van der Waals surface area contributed by atoms with Gasteiger partial charge in [0, 0.05) is 26.2 Å². The summed E-state index contributed by atoms with van der Waals surface area (Å²) in [7, 11) is 4.15. The third kappa shape index (κ3) is 5.63. The molecule has 0 radical (unpaired) electrons. The molecule has 2 aromatic carbocycles. The number of rotatable bonds is 9. The summed E-state index contributed by atoms with van der Waals surface area (Å²) in [5.74, 6) is -0.290. The maximum Gasteiger partial charge on any atom is 0.303 e. The number of carboxylic acid groups (broad SMARTS) is 1. The molecule has 0 aliphatic rings. The predicted molar refractivity (Wildman–Crippen MR) is 104 cm³/mol. The molecule has 0 saturated heterocycles. The second-order valence-electron chi connectivity index (χ2n) is 6.91. The van der Waals surface area contributed by atoms with Crippen LogP contribution in [0.15, 0.2) is 48.5 Å². The van der Waals surface area contributed by atoms with Crippen molar-refractivity contribution in [3.63, 3.8) is 0 Å². The number of benzene rings is 2. The molecule has 3 heteroatoms. The molecule has 1 N–H and O–H groups in total. The fourth-order valence-corrected chi connectivity index (χ4v) is 3.50. The molecule has 0 amide bonds. The minimum Gasteiger partial charge on any atom is -0.481 e. The predicted octanol–water partition coefficient (Wildman–Crippen LogP) is 5.03. The van der Waals surface area contributed by atoms with Crippen molar-refractivity contribution in [2.24, 2.45) is 0 Å². The summed E-state index contributed by atoms with van der Waals surface area (Å²) in [6.45, 7) is 2.19. The Balaban J connectivity index is 2.21. The second-order valence-corrected chi connectivity index (χ2v) is 6.91. The highest BCUT2D eigenvalue weighted by Crippen LogP contribution is 2.33. The van der Waals surface area contributed by atoms with Crippen molar-refractivity contribution < 1.29 is 9.90 Å². The molecule has 0 aromatic heterocycles. The molecule has 0 aliphatic heterocycles. The Morgan fingerprint density at radius 1 is 1.04 bits per heavy atom. The number of hydrogen-bond donors (Lipinski definition) is 1. The molecule has 0 fully saturated rings. The Labute approximate surface area is 151 Å². The number of nitrogens with zero attached hydrogens (tertiary/aromatic N) is 1. The Bertz CT molecular complexity index is 680. The summed E-state index contributed by atoms with van der Waals surface area (Å²) < 4.78 is 0. The summed E-state index contributed by atoms with van der Waals surface area (Å²) in [6.07, 6.45) is 3.95. The third-order valence-electron chi connectivity index (χ3n) is 4.79. The Morgan fingerprint density at radius 2 is 1.76 bits per heavy atom. The fourth-order valence-electron chi connectivity index (χ4n) is 3.50. The van der Waals surface area contributed by atoms with E-state index in [0.717, 1.165) is 25.7 Å². The highest BCUT2D eigenvalue weighted by Gasteiger charge is 2.17. The van der Waals surface area contributed by atoms with Crippen LogP contribution in [-0.4, -0.2) is 25.2 Å². The molecular formula is C22H29NO2. The number of anilines is 1. The molecule has 134 valence electrons. The zero-order chi connectivity index (χ0) is 18.2. The lowest BCUT2D eigenvalue weighted by Gasteiger charge is -2.24. The van der Waals surface area contributed by atoms with Crippen LogP contribution in [0, 0.1) is 6.92 Å². The Morgan fingerprint density at radius 3 is 2.40 bits per heavy atom. The second kappa shape index (κ2) is 9.26. The molecule has 0 saturated carbocycles. The van der Waals surface area contributed by atoms with Crippen molar-refractivity contribution >= 4 is 11.7 Å². The first kappa shape index (κ1) is 19.0. The topological polar surface area (TPSA) is 40.5 Å². The van der Waals surface area contributed by atoms with Crippen LogP contribution in [0.1, 0.15) is 48.3 Å². The number of aliphatic carboxylic acids is 1. The normalized spacial score (nSPS) is 12.0. The van der Waals surface area contributed by atoms with E-state index in [1.54, 1.807) is 0 Å². The van der Waals surface area contributed by atoms with Crippen LogP contribution in [0.3, 0.4) is 0 Å². The minimum atomic E-state index is -0.703. The van der Waals surface area contributed by atoms with Gasteiger partial charge < -0.3 is 10.0 Å². The quantitative estimate of drug-likeness (QED) is 0.651.